The molecule has 106 valence electrons. The maximum absolute atomic E-state index is 5.88. The number of rotatable bonds is 6. The molecule has 0 bridgehead atoms. The minimum atomic E-state index is 0.459. The van der Waals surface area contributed by atoms with Crippen LogP contribution in [0.2, 0.25) is 0 Å². The van der Waals surface area contributed by atoms with E-state index < -0.39 is 0 Å². The van der Waals surface area contributed by atoms with Gasteiger partial charge >= 0.3 is 0 Å². The molecule has 0 unspecified atom stereocenters. The number of hydrogen-bond acceptors (Lipinski definition) is 3. The van der Waals surface area contributed by atoms with Gasteiger partial charge in [0.05, 0.1) is 18.6 Å². The molecule has 1 aromatic heterocycles. The van der Waals surface area contributed by atoms with Crippen molar-refractivity contribution in [2.45, 2.75) is 26.4 Å². The maximum atomic E-state index is 5.88. The highest BCUT2D eigenvalue weighted by Gasteiger charge is 2.23. The van der Waals surface area contributed by atoms with Gasteiger partial charge in [-0.05, 0) is 37.8 Å². The Bertz CT molecular complexity index is 640. The van der Waals surface area contributed by atoms with E-state index in [9.17, 15) is 0 Å². The van der Waals surface area contributed by atoms with Crippen molar-refractivity contribution < 1.29 is 13.9 Å². The molecule has 0 aliphatic heterocycles. The zero-order valence-electron chi connectivity index (χ0n) is 11.4. The van der Waals surface area contributed by atoms with Gasteiger partial charge in [-0.2, -0.15) is 0 Å². The Morgan fingerprint density at radius 2 is 2.25 bits per heavy atom. The molecule has 1 aliphatic carbocycles. The number of hydrogen-bond donors (Lipinski definition) is 0. The van der Waals surface area contributed by atoms with Crippen molar-refractivity contribution in [3.8, 4) is 5.75 Å². The number of halogens is 1. The van der Waals surface area contributed by atoms with Crippen LogP contribution in [0.3, 0.4) is 0 Å². The van der Waals surface area contributed by atoms with Crippen LogP contribution in [0.25, 0.3) is 11.0 Å². The van der Waals surface area contributed by atoms with Crippen molar-refractivity contribution in [2.24, 2.45) is 5.92 Å². The molecule has 0 radical (unpaired) electrons. The lowest BCUT2D eigenvalue weighted by molar-refractivity contribution is 0.202. The van der Waals surface area contributed by atoms with Crippen LogP contribution in [0, 0.1) is 5.92 Å². The fourth-order valence-corrected chi connectivity index (χ4v) is 2.47. The van der Waals surface area contributed by atoms with Crippen LogP contribution >= 0.6 is 15.9 Å². The van der Waals surface area contributed by atoms with Crippen LogP contribution in [0.1, 0.15) is 25.3 Å². The lowest BCUT2D eigenvalue weighted by Crippen LogP contribution is -1.99. The molecule has 0 N–H and O–H groups in total. The number of furan rings is 1. The Morgan fingerprint density at radius 1 is 1.45 bits per heavy atom. The third kappa shape index (κ3) is 3.01. The average molecular weight is 337 g/mol. The van der Waals surface area contributed by atoms with Gasteiger partial charge in [-0.3, -0.25) is 0 Å². The van der Waals surface area contributed by atoms with Crippen LogP contribution in [-0.2, 0) is 11.3 Å². The van der Waals surface area contributed by atoms with Crippen LogP contribution in [0.4, 0.5) is 0 Å². The van der Waals surface area contributed by atoms with Gasteiger partial charge in [-0.25, -0.2) is 0 Å². The summed E-state index contributed by atoms with van der Waals surface area (Å²) in [5, 5.41) is 1.02. The molecular formula is C16H17BrO3. The van der Waals surface area contributed by atoms with Gasteiger partial charge < -0.3 is 13.9 Å². The highest BCUT2D eigenvalue weighted by Crippen LogP contribution is 2.36. The van der Waals surface area contributed by atoms with Crippen LogP contribution < -0.4 is 4.74 Å². The van der Waals surface area contributed by atoms with Crippen LogP contribution in [-0.4, -0.2) is 6.61 Å². The molecular weight excluding hydrogens is 320 g/mol. The largest absolute Gasteiger partial charge is 0.494 e. The Morgan fingerprint density at radius 3 is 2.95 bits per heavy atom. The summed E-state index contributed by atoms with van der Waals surface area (Å²) in [6.07, 6.45) is 4.27. The molecule has 4 heteroatoms. The Hall–Kier alpha value is -1.42. The second-order valence-corrected chi connectivity index (χ2v) is 6.20. The standard InChI is InChI=1S/C16H17BrO3/c1-10(2)18-8-12-9-20-16-14(12)5-13(17)6-15(16)19-7-11-3-4-11/h5-6,9,11H,1,3-4,7-8H2,2H3. The first-order valence-electron chi connectivity index (χ1n) is 6.74. The normalized spacial score (nSPS) is 14.5. The van der Waals surface area contributed by atoms with Crippen molar-refractivity contribution in [3.05, 3.63) is 40.8 Å². The molecule has 1 aromatic carbocycles. The second-order valence-electron chi connectivity index (χ2n) is 5.29. The van der Waals surface area contributed by atoms with Gasteiger partial charge in [-0.15, -0.1) is 0 Å². The maximum Gasteiger partial charge on any atom is 0.176 e. The molecule has 3 rings (SSSR count). The van der Waals surface area contributed by atoms with Gasteiger partial charge in [0.15, 0.2) is 11.3 Å². The topological polar surface area (TPSA) is 31.6 Å². The predicted octanol–water partition coefficient (Wildman–Crippen LogP) is 5.03. The number of allylic oxidation sites excluding steroid dienone is 1. The highest BCUT2D eigenvalue weighted by atomic mass is 79.9. The summed E-state index contributed by atoms with van der Waals surface area (Å²) in [7, 11) is 0. The van der Waals surface area contributed by atoms with Crippen molar-refractivity contribution in [2.75, 3.05) is 6.61 Å². The minimum absolute atomic E-state index is 0.459. The second kappa shape index (κ2) is 5.52. The summed E-state index contributed by atoms with van der Waals surface area (Å²) in [5.74, 6) is 2.20. The van der Waals surface area contributed by atoms with Crippen molar-refractivity contribution in [1.82, 2.24) is 0 Å². The molecule has 0 saturated heterocycles. The smallest absolute Gasteiger partial charge is 0.176 e. The fraction of sp³-hybridized carbons (Fsp3) is 0.375. The Kier molecular flexibility index (Phi) is 3.74. The summed E-state index contributed by atoms with van der Waals surface area (Å²) < 4.78 is 18.0. The van der Waals surface area contributed by atoms with Crippen molar-refractivity contribution >= 4 is 26.9 Å². The van der Waals surface area contributed by atoms with Crippen LogP contribution in [0.15, 0.2) is 39.6 Å². The van der Waals surface area contributed by atoms with E-state index in [0.717, 1.165) is 33.4 Å². The van der Waals surface area contributed by atoms with E-state index in [2.05, 4.69) is 22.5 Å². The quantitative estimate of drug-likeness (QED) is 0.693. The highest BCUT2D eigenvalue weighted by molar-refractivity contribution is 9.10. The monoisotopic (exact) mass is 336 g/mol. The van der Waals surface area contributed by atoms with E-state index in [0.29, 0.717) is 18.3 Å². The molecule has 1 heterocycles. The molecule has 20 heavy (non-hydrogen) atoms. The molecule has 1 saturated carbocycles. The third-order valence-corrected chi connectivity index (χ3v) is 3.79. The zero-order valence-corrected chi connectivity index (χ0v) is 13.0. The molecule has 2 aromatic rings. The summed E-state index contributed by atoms with van der Waals surface area (Å²) in [4.78, 5) is 0. The number of benzene rings is 1. The predicted molar refractivity (Wildman–Crippen MR) is 81.7 cm³/mol. The third-order valence-electron chi connectivity index (χ3n) is 3.33. The van der Waals surface area contributed by atoms with E-state index in [-0.39, 0.29) is 0 Å². The molecule has 0 atom stereocenters. The molecule has 1 aliphatic rings. The van der Waals surface area contributed by atoms with Gasteiger partial charge in [0.25, 0.3) is 0 Å². The van der Waals surface area contributed by atoms with Gasteiger partial charge in [0, 0.05) is 15.4 Å². The van der Waals surface area contributed by atoms with Crippen LogP contribution in [0.5, 0.6) is 5.75 Å². The Labute approximate surface area is 126 Å². The zero-order chi connectivity index (χ0) is 14.1. The van der Waals surface area contributed by atoms with Gasteiger partial charge in [-0.1, -0.05) is 22.5 Å². The molecule has 1 fully saturated rings. The van der Waals surface area contributed by atoms with Gasteiger partial charge in [0.2, 0.25) is 0 Å². The summed E-state index contributed by atoms with van der Waals surface area (Å²) in [5.41, 5.74) is 1.79. The van der Waals surface area contributed by atoms with E-state index >= 15 is 0 Å². The first-order chi connectivity index (χ1) is 9.63. The fourth-order valence-electron chi connectivity index (χ4n) is 2.03. The Balaban J connectivity index is 1.88. The lowest BCUT2D eigenvalue weighted by Gasteiger charge is -2.07. The lowest BCUT2D eigenvalue weighted by atomic mass is 10.2. The summed E-state index contributed by atoms with van der Waals surface area (Å²) in [6.45, 7) is 6.80. The first kappa shape index (κ1) is 13.6. The van der Waals surface area contributed by atoms with E-state index in [1.54, 1.807) is 6.26 Å². The summed E-state index contributed by atoms with van der Waals surface area (Å²) >= 11 is 3.52. The van der Waals surface area contributed by atoms with E-state index in [4.69, 9.17) is 13.9 Å². The van der Waals surface area contributed by atoms with Crippen molar-refractivity contribution in [3.63, 3.8) is 0 Å². The minimum Gasteiger partial charge on any atom is -0.494 e. The number of ether oxygens (including phenoxy) is 2. The van der Waals surface area contributed by atoms with E-state index in [1.807, 2.05) is 19.1 Å². The molecule has 0 amide bonds. The average Bonchev–Trinajstić information content (AvgIpc) is 3.14. The number of fused-ring (bicyclic) bond motifs is 1. The van der Waals surface area contributed by atoms with Crippen molar-refractivity contribution in [1.29, 1.82) is 0 Å². The van der Waals surface area contributed by atoms with Gasteiger partial charge in [0.1, 0.15) is 6.61 Å². The van der Waals surface area contributed by atoms with E-state index in [1.165, 1.54) is 12.8 Å². The first-order valence-corrected chi connectivity index (χ1v) is 7.53. The summed E-state index contributed by atoms with van der Waals surface area (Å²) in [6, 6.07) is 3.98. The molecule has 3 nitrogen and oxygen atoms in total. The SMILES string of the molecule is C=C(C)OCc1coc2c(OCC3CC3)cc(Br)cc12. The molecule has 0 spiro atoms.